The van der Waals surface area contributed by atoms with Crippen molar-refractivity contribution in [2.75, 3.05) is 11.5 Å². The van der Waals surface area contributed by atoms with E-state index in [1.807, 2.05) is 12.1 Å². The van der Waals surface area contributed by atoms with E-state index in [1.165, 1.54) is 0 Å². The molecule has 17 heavy (non-hydrogen) atoms. The molecule has 4 heteroatoms. The molecule has 0 atom stereocenters. The third-order valence-electron chi connectivity index (χ3n) is 2.13. The number of hydrogen-bond acceptors (Lipinski definition) is 3. The third kappa shape index (κ3) is 4.28. The molecule has 0 aliphatic rings. The number of hydrogen-bond donors (Lipinski definition) is 2. The monoisotopic (exact) mass is 268 g/mol. The highest BCUT2D eigenvalue weighted by Crippen LogP contribution is 2.31. The summed E-state index contributed by atoms with van der Waals surface area (Å²) in [5.41, 5.74) is 6.62. The van der Waals surface area contributed by atoms with Gasteiger partial charge in [-0.25, -0.2) is 0 Å². The molecule has 1 aromatic carbocycles. The van der Waals surface area contributed by atoms with Crippen LogP contribution in [0, 0.1) is 11.3 Å². The lowest BCUT2D eigenvalue weighted by atomic mass is 10.2. The number of nitrogen functional groups attached to an aromatic ring is 1. The minimum absolute atomic E-state index is 0.174. The molecule has 0 saturated heterocycles. The Labute approximate surface area is 112 Å². The summed E-state index contributed by atoms with van der Waals surface area (Å²) >= 11 is 3.53. The maximum Gasteiger partial charge on any atom is 0.125 e. The van der Waals surface area contributed by atoms with E-state index in [1.54, 1.807) is 23.5 Å². The van der Waals surface area contributed by atoms with Gasteiger partial charge in [0.05, 0.1) is 0 Å². The van der Waals surface area contributed by atoms with Gasteiger partial charge in [-0.3, -0.25) is 5.41 Å². The van der Waals surface area contributed by atoms with E-state index in [2.05, 4.69) is 26.8 Å². The summed E-state index contributed by atoms with van der Waals surface area (Å²) in [5, 5.41) is 7.73. The quantitative estimate of drug-likeness (QED) is 0.468. The molecule has 2 nitrogen and oxygen atoms in total. The fourth-order valence-electron chi connectivity index (χ4n) is 1.43. The molecule has 0 aliphatic heterocycles. The topological polar surface area (TPSA) is 49.9 Å². The molecule has 0 bridgehead atoms. The summed E-state index contributed by atoms with van der Waals surface area (Å²) in [7, 11) is 0. The highest BCUT2D eigenvalue weighted by molar-refractivity contribution is 8.00. The normalized spacial score (nSPS) is 10.8. The second kappa shape index (κ2) is 6.97. The molecule has 0 spiro atoms. The van der Waals surface area contributed by atoms with E-state index < -0.39 is 0 Å². The summed E-state index contributed by atoms with van der Waals surface area (Å²) < 4.78 is 0. The van der Waals surface area contributed by atoms with Crippen LogP contribution in [-0.2, 0) is 0 Å². The first-order valence-electron chi connectivity index (χ1n) is 5.79. The molecular formula is C13H20N2S2. The Hall–Kier alpha value is -0.610. The van der Waals surface area contributed by atoms with Gasteiger partial charge in [0.2, 0.25) is 0 Å². The fraction of sp³-hybridized carbons (Fsp3) is 0.462. The molecule has 0 amide bonds. The van der Waals surface area contributed by atoms with E-state index in [4.69, 9.17) is 11.1 Å². The molecule has 0 radical (unpaired) electrons. The van der Waals surface area contributed by atoms with Gasteiger partial charge in [-0.15, -0.1) is 23.5 Å². The van der Waals surface area contributed by atoms with E-state index in [-0.39, 0.29) is 5.84 Å². The van der Waals surface area contributed by atoms with Crippen molar-refractivity contribution in [2.24, 2.45) is 11.7 Å². The molecule has 0 aromatic heterocycles. The second-order valence-corrected chi connectivity index (χ2v) is 6.55. The van der Waals surface area contributed by atoms with E-state index >= 15 is 0 Å². The first-order valence-corrected chi connectivity index (χ1v) is 7.76. The van der Waals surface area contributed by atoms with Crippen LogP contribution in [0.1, 0.15) is 26.3 Å². The molecule has 3 N–H and O–H groups in total. The zero-order chi connectivity index (χ0) is 12.8. The summed E-state index contributed by atoms with van der Waals surface area (Å²) in [6.07, 6.45) is 0. The van der Waals surface area contributed by atoms with E-state index in [0.29, 0.717) is 5.92 Å². The lowest BCUT2D eigenvalue weighted by Crippen LogP contribution is -2.14. The average Bonchev–Trinajstić information content (AvgIpc) is 2.26. The van der Waals surface area contributed by atoms with Gasteiger partial charge in [0.25, 0.3) is 0 Å². The molecule has 1 rings (SSSR count). The Morgan fingerprint density at radius 2 is 1.88 bits per heavy atom. The highest BCUT2D eigenvalue weighted by atomic mass is 32.2. The predicted molar refractivity (Wildman–Crippen MR) is 79.4 cm³/mol. The molecule has 0 fully saturated rings. The van der Waals surface area contributed by atoms with Crippen molar-refractivity contribution in [3.05, 3.63) is 23.8 Å². The van der Waals surface area contributed by atoms with Crippen molar-refractivity contribution in [3.8, 4) is 0 Å². The standard InChI is InChI=1S/C13H20N2S2/c1-4-16-10-6-5-7-11(12(10)13(14)15)17-8-9(2)3/h5-7,9H,4,8H2,1-3H3,(H3,14,15). The fourth-order valence-corrected chi connectivity index (χ4v) is 3.40. The number of rotatable bonds is 6. The SMILES string of the molecule is CCSc1cccc(SCC(C)C)c1C(=N)N. The van der Waals surface area contributed by atoms with Crippen molar-refractivity contribution in [1.82, 2.24) is 0 Å². The van der Waals surface area contributed by atoms with Crippen LogP contribution >= 0.6 is 23.5 Å². The van der Waals surface area contributed by atoms with Gasteiger partial charge < -0.3 is 5.73 Å². The van der Waals surface area contributed by atoms with Crippen LogP contribution in [0.15, 0.2) is 28.0 Å². The zero-order valence-electron chi connectivity index (χ0n) is 10.6. The first kappa shape index (κ1) is 14.5. The Morgan fingerprint density at radius 3 is 2.35 bits per heavy atom. The lowest BCUT2D eigenvalue weighted by Gasteiger charge is -2.13. The van der Waals surface area contributed by atoms with Crippen molar-refractivity contribution in [2.45, 2.75) is 30.6 Å². The van der Waals surface area contributed by atoms with Gasteiger partial charge in [-0.1, -0.05) is 26.8 Å². The maximum absolute atomic E-state index is 7.73. The predicted octanol–water partition coefficient (Wildman–Crippen LogP) is 3.83. The lowest BCUT2D eigenvalue weighted by molar-refractivity contribution is 0.750. The van der Waals surface area contributed by atoms with Crippen LogP contribution in [0.2, 0.25) is 0 Å². The molecular weight excluding hydrogens is 248 g/mol. The Bertz CT molecular complexity index is 389. The number of thioether (sulfide) groups is 2. The molecule has 94 valence electrons. The number of amidine groups is 1. The van der Waals surface area contributed by atoms with Crippen molar-refractivity contribution < 1.29 is 0 Å². The molecule has 1 aromatic rings. The minimum Gasteiger partial charge on any atom is -0.384 e. The van der Waals surface area contributed by atoms with Gasteiger partial charge in [0.1, 0.15) is 5.84 Å². The maximum atomic E-state index is 7.73. The first-order chi connectivity index (χ1) is 8.06. The summed E-state index contributed by atoms with van der Waals surface area (Å²) in [6.45, 7) is 6.51. The van der Waals surface area contributed by atoms with Crippen LogP contribution in [-0.4, -0.2) is 17.3 Å². The Balaban J connectivity index is 3.02. The Kier molecular flexibility index (Phi) is 5.92. The van der Waals surface area contributed by atoms with Gasteiger partial charge in [-0.2, -0.15) is 0 Å². The molecule has 0 heterocycles. The van der Waals surface area contributed by atoms with Gasteiger partial charge in [0, 0.05) is 21.1 Å². The second-order valence-electron chi connectivity index (χ2n) is 4.18. The average molecular weight is 268 g/mol. The smallest absolute Gasteiger partial charge is 0.125 e. The van der Waals surface area contributed by atoms with Gasteiger partial charge in [0.15, 0.2) is 0 Å². The van der Waals surface area contributed by atoms with Crippen LogP contribution in [0.4, 0.5) is 0 Å². The molecule has 0 aliphatic carbocycles. The zero-order valence-corrected chi connectivity index (χ0v) is 12.3. The van der Waals surface area contributed by atoms with Crippen molar-refractivity contribution in [3.63, 3.8) is 0 Å². The van der Waals surface area contributed by atoms with Gasteiger partial charge in [-0.05, 0) is 23.8 Å². The largest absolute Gasteiger partial charge is 0.384 e. The highest BCUT2D eigenvalue weighted by Gasteiger charge is 2.12. The Morgan fingerprint density at radius 1 is 1.29 bits per heavy atom. The number of benzene rings is 1. The third-order valence-corrected chi connectivity index (χ3v) is 4.55. The van der Waals surface area contributed by atoms with Gasteiger partial charge >= 0.3 is 0 Å². The summed E-state index contributed by atoms with van der Waals surface area (Å²) in [4.78, 5) is 2.25. The summed E-state index contributed by atoms with van der Waals surface area (Å²) in [6, 6.07) is 6.15. The van der Waals surface area contributed by atoms with Crippen LogP contribution in [0.25, 0.3) is 0 Å². The van der Waals surface area contributed by atoms with Crippen molar-refractivity contribution in [1.29, 1.82) is 5.41 Å². The van der Waals surface area contributed by atoms with Crippen LogP contribution in [0.3, 0.4) is 0 Å². The minimum atomic E-state index is 0.174. The van der Waals surface area contributed by atoms with Crippen LogP contribution in [0.5, 0.6) is 0 Å². The van der Waals surface area contributed by atoms with E-state index in [9.17, 15) is 0 Å². The van der Waals surface area contributed by atoms with E-state index in [0.717, 1.165) is 26.9 Å². The summed E-state index contributed by atoms with van der Waals surface area (Å²) in [5.74, 6) is 2.87. The molecule has 0 unspecified atom stereocenters. The number of nitrogens with two attached hydrogens (primary N) is 1. The van der Waals surface area contributed by atoms with Crippen molar-refractivity contribution >= 4 is 29.4 Å². The molecule has 0 saturated carbocycles. The number of nitrogens with one attached hydrogen (secondary N) is 1. The van der Waals surface area contributed by atoms with Crippen LogP contribution < -0.4 is 5.73 Å².